The van der Waals surface area contributed by atoms with Crippen molar-refractivity contribution in [3.8, 4) is 0 Å². The largest absolute Gasteiger partial charge is 0.329 e. The van der Waals surface area contributed by atoms with E-state index >= 15 is 0 Å². The third kappa shape index (κ3) is 0.722. The van der Waals surface area contributed by atoms with Gasteiger partial charge in [-0.1, -0.05) is 6.42 Å². The minimum absolute atomic E-state index is 0.640. The smallest absolute Gasteiger partial charge is 0.0247 e. The van der Waals surface area contributed by atoms with Crippen molar-refractivity contribution in [2.75, 3.05) is 13.1 Å². The minimum atomic E-state index is 0.640. The van der Waals surface area contributed by atoms with Crippen LogP contribution < -0.4 is 11.1 Å². The predicted octanol–water partition coefficient (Wildman–Crippen LogP) is 0.477. The molecule has 0 radical (unpaired) electrons. The summed E-state index contributed by atoms with van der Waals surface area (Å²) in [6, 6.07) is 0.640. The van der Waals surface area contributed by atoms with Crippen molar-refractivity contribution in [2.45, 2.75) is 31.7 Å². The fraction of sp³-hybridized carbons (Fsp3) is 1.00. The number of hydrogen-bond donors (Lipinski definition) is 2. The summed E-state index contributed by atoms with van der Waals surface area (Å²) in [4.78, 5) is 0. The molecule has 0 aromatic rings. The molecule has 2 nitrogen and oxygen atoms in total. The van der Waals surface area contributed by atoms with E-state index in [0.29, 0.717) is 11.5 Å². The molecule has 1 aliphatic carbocycles. The van der Waals surface area contributed by atoms with E-state index in [0.717, 1.165) is 6.54 Å². The lowest BCUT2D eigenvalue weighted by Crippen LogP contribution is -2.46. The van der Waals surface area contributed by atoms with Crippen molar-refractivity contribution in [1.29, 1.82) is 0 Å². The van der Waals surface area contributed by atoms with Gasteiger partial charge in [-0.3, -0.25) is 0 Å². The lowest BCUT2D eigenvalue weighted by Gasteiger charge is -2.42. The minimum Gasteiger partial charge on any atom is -0.329 e. The highest BCUT2D eigenvalue weighted by molar-refractivity contribution is 5.02. The molecular formula is C8H16N2. The van der Waals surface area contributed by atoms with Crippen LogP contribution in [0.5, 0.6) is 0 Å². The lowest BCUT2D eigenvalue weighted by atomic mass is 9.64. The standard InChI is InChI=1S/C8H16N2/c9-6-7-8(2-1-3-8)4-5-10-7/h7,10H,1-6,9H2. The first-order valence-corrected chi connectivity index (χ1v) is 4.31. The zero-order valence-electron chi connectivity index (χ0n) is 6.40. The van der Waals surface area contributed by atoms with Crippen LogP contribution in [0.4, 0.5) is 0 Å². The Hall–Kier alpha value is -0.0800. The van der Waals surface area contributed by atoms with Crippen LogP contribution in [0.2, 0.25) is 0 Å². The van der Waals surface area contributed by atoms with Gasteiger partial charge < -0.3 is 11.1 Å². The van der Waals surface area contributed by atoms with Crippen LogP contribution in [0.3, 0.4) is 0 Å². The maximum absolute atomic E-state index is 5.66. The highest BCUT2D eigenvalue weighted by Gasteiger charge is 2.45. The molecule has 1 saturated heterocycles. The van der Waals surface area contributed by atoms with Crippen molar-refractivity contribution in [3.63, 3.8) is 0 Å². The van der Waals surface area contributed by atoms with Crippen molar-refractivity contribution < 1.29 is 0 Å². The molecule has 1 atom stereocenters. The van der Waals surface area contributed by atoms with Gasteiger partial charge in [0, 0.05) is 12.6 Å². The Morgan fingerprint density at radius 2 is 2.20 bits per heavy atom. The van der Waals surface area contributed by atoms with Gasteiger partial charge in [0.2, 0.25) is 0 Å². The van der Waals surface area contributed by atoms with Crippen LogP contribution in [0, 0.1) is 5.41 Å². The highest BCUT2D eigenvalue weighted by Crippen LogP contribution is 2.48. The third-order valence-electron chi connectivity index (χ3n) is 3.34. The monoisotopic (exact) mass is 140 g/mol. The average Bonchev–Trinajstić information content (AvgIpc) is 2.27. The van der Waals surface area contributed by atoms with E-state index in [1.165, 1.54) is 32.2 Å². The summed E-state index contributed by atoms with van der Waals surface area (Å²) in [5.74, 6) is 0. The Balaban J connectivity index is 2.05. The molecule has 1 spiro atoms. The second kappa shape index (κ2) is 2.21. The molecule has 2 rings (SSSR count). The van der Waals surface area contributed by atoms with Crippen molar-refractivity contribution in [2.24, 2.45) is 11.1 Å². The van der Waals surface area contributed by atoms with Crippen molar-refractivity contribution >= 4 is 0 Å². The summed E-state index contributed by atoms with van der Waals surface area (Å²) >= 11 is 0. The molecule has 1 aliphatic heterocycles. The van der Waals surface area contributed by atoms with Gasteiger partial charge in [0.25, 0.3) is 0 Å². The second-order valence-electron chi connectivity index (χ2n) is 3.71. The van der Waals surface area contributed by atoms with E-state index in [2.05, 4.69) is 5.32 Å². The molecule has 1 unspecified atom stereocenters. The molecule has 0 bridgehead atoms. The summed E-state index contributed by atoms with van der Waals surface area (Å²) in [5, 5.41) is 3.47. The molecular weight excluding hydrogens is 124 g/mol. The van der Waals surface area contributed by atoms with E-state index in [1.54, 1.807) is 0 Å². The van der Waals surface area contributed by atoms with Gasteiger partial charge in [0.05, 0.1) is 0 Å². The van der Waals surface area contributed by atoms with Crippen molar-refractivity contribution in [1.82, 2.24) is 5.32 Å². The zero-order chi connectivity index (χ0) is 7.03. The maximum atomic E-state index is 5.66. The Morgan fingerprint density at radius 1 is 1.40 bits per heavy atom. The highest BCUT2D eigenvalue weighted by atomic mass is 15.0. The van der Waals surface area contributed by atoms with Gasteiger partial charge in [0.15, 0.2) is 0 Å². The summed E-state index contributed by atoms with van der Waals surface area (Å²) in [6.07, 6.45) is 5.64. The fourth-order valence-corrected chi connectivity index (χ4v) is 2.45. The van der Waals surface area contributed by atoms with Crippen LogP contribution in [0.15, 0.2) is 0 Å². The van der Waals surface area contributed by atoms with E-state index < -0.39 is 0 Å². The molecule has 2 fully saturated rings. The summed E-state index contributed by atoms with van der Waals surface area (Å²) in [6.45, 7) is 2.03. The predicted molar refractivity (Wildman–Crippen MR) is 41.7 cm³/mol. The molecule has 2 aliphatic rings. The molecule has 0 aromatic carbocycles. The molecule has 1 heterocycles. The van der Waals surface area contributed by atoms with Crippen LogP contribution in [-0.2, 0) is 0 Å². The number of hydrogen-bond acceptors (Lipinski definition) is 2. The van der Waals surface area contributed by atoms with Gasteiger partial charge in [0.1, 0.15) is 0 Å². The molecule has 0 aromatic heterocycles. The van der Waals surface area contributed by atoms with E-state index in [9.17, 15) is 0 Å². The number of rotatable bonds is 1. The number of nitrogens with one attached hydrogen (secondary N) is 1. The van der Waals surface area contributed by atoms with Gasteiger partial charge >= 0.3 is 0 Å². The molecule has 0 amide bonds. The second-order valence-corrected chi connectivity index (χ2v) is 3.71. The van der Waals surface area contributed by atoms with Crippen LogP contribution in [0.1, 0.15) is 25.7 Å². The van der Waals surface area contributed by atoms with Gasteiger partial charge in [-0.25, -0.2) is 0 Å². The average molecular weight is 140 g/mol. The fourth-order valence-electron chi connectivity index (χ4n) is 2.45. The molecule has 58 valence electrons. The maximum Gasteiger partial charge on any atom is 0.0247 e. The first-order valence-electron chi connectivity index (χ1n) is 4.31. The van der Waals surface area contributed by atoms with Gasteiger partial charge in [-0.2, -0.15) is 0 Å². The Labute approximate surface area is 62.2 Å². The topological polar surface area (TPSA) is 38.0 Å². The summed E-state index contributed by atoms with van der Waals surface area (Å²) in [5.41, 5.74) is 6.30. The van der Waals surface area contributed by atoms with Gasteiger partial charge in [-0.15, -0.1) is 0 Å². The van der Waals surface area contributed by atoms with E-state index in [-0.39, 0.29) is 0 Å². The van der Waals surface area contributed by atoms with Crippen LogP contribution in [-0.4, -0.2) is 19.1 Å². The third-order valence-corrected chi connectivity index (χ3v) is 3.34. The first kappa shape index (κ1) is 6.62. The normalized spacial score (nSPS) is 36.3. The quantitative estimate of drug-likeness (QED) is 0.556. The van der Waals surface area contributed by atoms with Crippen LogP contribution >= 0.6 is 0 Å². The molecule has 3 N–H and O–H groups in total. The van der Waals surface area contributed by atoms with Gasteiger partial charge in [-0.05, 0) is 31.2 Å². The first-order chi connectivity index (χ1) is 4.87. The zero-order valence-corrected chi connectivity index (χ0v) is 6.40. The summed E-state index contributed by atoms with van der Waals surface area (Å²) < 4.78 is 0. The van der Waals surface area contributed by atoms with Crippen LogP contribution in [0.25, 0.3) is 0 Å². The molecule has 1 saturated carbocycles. The Morgan fingerprint density at radius 3 is 2.60 bits per heavy atom. The lowest BCUT2D eigenvalue weighted by molar-refractivity contribution is 0.116. The molecule has 10 heavy (non-hydrogen) atoms. The van der Waals surface area contributed by atoms with E-state index in [4.69, 9.17) is 5.73 Å². The molecule has 2 heteroatoms. The summed E-state index contributed by atoms with van der Waals surface area (Å²) in [7, 11) is 0. The Kier molecular flexibility index (Phi) is 1.46. The van der Waals surface area contributed by atoms with E-state index in [1.807, 2.05) is 0 Å². The Bertz CT molecular complexity index is 129. The van der Waals surface area contributed by atoms with Crippen molar-refractivity contribution in [3.05, 3.63) is 0 Å². The SMILES string of the molecule is NCC1NCCC12CCC2. The number of nitrogens with two attached hydrogens (primary N) is 1.